The number of aromatic amines is 1. The summed E-state index contributed by atoms with van der Waals surface area (Å²) < 4.78 is 0. The van der Waals surface area contributed by atoms with Crippen LogP contribution >= 0.6 is 11.3 Å². The lowest BCUT2D eigenvalue weighted by Crippen LogP contribution is -2.13. The van der Waals surface area contributed by atoms with Gasteiger partial charge in [0.1, 0.15) is 10.7 Å². The quantitative estimate of drug-likeness (QED) is 0.557. The molecule has 5 nitrogen and oxygen atoms in total. The van der Waals surface area contributed by atoms with Gasteiger partial charge in [0.05, 0.1) is 5.69 Å². The normalized spacial score (nSPS) is 10.8. The number of para-hydroxylation sites is 1. The van der Waals surface area contributed by atoms with E-state index >= 15 is 0 Å². The van der Waals surface area contributed by atoms with Crippen LogP contribution in [0.3, 0.4) is 0 Å². The Morgan fingerprint density at radius 1 is 1.12 bits per heavy atom. The number of rotatable bonds is 4. The molecule has 26 heavy (non-hydrogen) atoms. The number of carbonyl (C=O) groups excluding carboxylic acids is 1. The molecule has 0 fully saturated rings. The lowest BCUT2D eigenvalue weighted by molar-refractivity contribution is 0.102. The van der Waals surface area contributed by atoms with Gasteiger partial charge in [0, 0.05) is 41.8 Å². The van der Waals surface area contributed by atoms with Crippen molar-refractivity contribution in [2.24, 2.45) is 0 Å². The Kier molecular flexibility index (Phi) is 4.18. The molecule has 0 aliphatic heterocycles. The molecule has 2 N–H and O–H groups in total. The number of amides is 1. The molecule has 0 saturated heterocycles. The van der Waals surface area contributed by atoms with Crippen molar-refractivity contribution in [3.05, 3.63) is 65.7 Å². The fraction of sp³-hybridized carbons (Fsp3) is 0.100. The molecule has 2 aromatic carbocycles. The first-order valence-electron chi connectivity index (χ1n) is 8.22. The van der Waals surface area contributed by atoms with Gasteiger partial charge < -0.3 is 15.2 Å². The second kappa shape index (κ2) is 6.65. The maximum atomic E-state index is 12.5. The molecule has 6 heteroatoms. The summed E-state index contributed by atoms with van der Waals surface area (Å²) in [4.78, 5) is 22.3. The van der Waals surface area contributed by atoms with Crippen LogP contribution in [0.2, 0.25) is 0 Å². The zero-order valence-corrected chi connectivity index (χ0v) is 15.3. The number of benzene rings is 2. The topological polar surface area (TPSA) is 61.0 Å². The summed E-state index contributed by atoms with van der Waals surface area (Å²) >= 11 is 1.45. The molecule has 4 aromatic rings. The van der Waals surface area contributed by atoms with Crippen molar-refractivity contribution in [3.63, 3.8) is 0 Å². The van der Waals surface area contributed by atoms with Gasteiger partial charge in [-0.2, -0.15) is 0 Å². The maximum absolute atomic E-state index is 12.5. The lowest BCUT2D eigenvalue weighted by Gasteiger charge is -2.12. The summed E-state index contributed by atoms with van der Waals surface area (Å²) in [5, 5.41) is 6.60. The first kappa shape index (κ1) is 16.4. The molecule has 0 bridgehead atoms. The Labute approximate surface area is 155 Å². The molecule has 2 aromatic heterocycles. The number of nitrogens with one attached hydrogen (secondary N) is 2. The molecule has 130 valence electrons. The van der Waals surface area contributed by atoms with Gasteiger partial charge in [-0.1, -0.05) is 18.2 Å². The average Bonchev–Trinajstić information content (AvgIpc) is 3.29. The minimum absolute atomic E-state index is 0.207. The standard InChI is InChI=1S/C20H18N4OS/c1-24(2)15-9-7-14(8-10-15)21-19(25)18-12-26-20(23-18)17-11-13-5-3-4-6-16(13)22-17/h3-12,22H,1-2H3,(H,21,25). The van der Waals surface area contributed by atoms with Gasteiger partial charge in [0.2, 0.25) is 0 Å². The molecule has 1 amide bonds. The Balaban J connectivity index is 1.52. The summed E-state index contributed by atoms with van der Waals surface area (Å²) in [6, 6.07) is 17.8. The molecule has 0 spiro atoms. The van der Waals surface area contributed by atoms with Crippen LogP contribution < -0.4 is 10.2 Å². The number of hydrogen-bond donors (Lipinski definition) is 2. The van der Waals surface area contributed by atoms with Crippen LogP contribution in [-0.2, 0) is 0 Å². The SMILES string of the molecule is CN(C)c1ccc(NC(=O)c2csc(-c3cc4ccccc4[nH]3)n2)cc1. The van der Waals surface area contributed by atoms with Gasteiger partial charge in [-0.05, 0) is 36.4 Å². The van der Waals surface area contributed by atoms with Crippen LogP contribution in [0.25, 0.3) is 21.6 Å². The van der Waals surface area contributed by atoms with Gasteiger partial charge in [0.15, 0.2) is 0 Å². The smallest absolute Gasteiger partial charge is 0.275 e. The van der Waals surface area contributed by atoms with E-state index in [1.165, 1.54) is 11.3 Å². The molecule has 0 saturated carbocycles. The van der Waals surface area contributed by atoms with Gasteiger partial charge in [-0.3, -0.25) is 4.79 Å². The number of nitrogens with zero attached hydrogens (tertiary/aromatic N) is 2. The number of carbonyl (C=O) groups is 1. The average molecular weight is 362 g/mol. The Bertz CT molecular complexity index is 1030. The molecule has 0 unspecified atom stereocenters. The largest absolute Gasteiger partial charge is 0.378 e. The van der Waals surface area contributed by atoms with E-state index in [1.807, 2.05) is 67.5 Å². The van der Waals surface area contributed by atoms with Crippen molar-refractivity contribution < 1.29 is 4.79 Å². The highest BCUT2D eigenvalue weighted by atomic mass is 32.1. The highest BCUT2D eigenvalue weighted by Gasteiger charge is 2.13. The number of thiazole rings is 1. The van der Waals surface area contributed by atoms with E-state index in [2.05, 4.69) is 21.4 Å². The van der Waals surface area contributed by atoms with E-state index in [1.54, 1.807) is 5.38 Å². The minimum Gasteiger partial charge on any atom is -0.378 e. The molecular formula is C20H18N4OS. The molecule has 0 atom stereocenters. The zero-order valence-electron chi connectivity index (χ0n) is 14.5. The third-order valence-electron chi connectivity index (χ3n) is 4.14. The molecule has 4 rings (SSSR count). The van der Waals surface area contributed by atoms with E-state index in [0.717, 1.165) is 33.0 Å². The van der Waals surface area contributed by atoms with Crippen LogP contribution in [0.4, 0.5) is 11.4 Å². The second-order valence-corrected chi connectivity index (χ2v) is 7.06. The third-order valence-corrected chi connectivity index (χ3v) is 5.01. The highest BCUT2D eigenvalue weighted by molar-refractivity contribution is 7.13. The summed E-state index contributed by atoms with van der Waals surface area (Å²) in [5.41, 5.74) is 4.23. The van der Waals surface area contributed by atoms with Crippen LogP contribution in [0.1, 0.15) is 10.5 Å². The predicted molar refractivity (Wildman–Crippen MR) is 108 cm³/mol. The summed E-state index contributed by atoms with van der Waals surface area (Å²) in [7, 11) is 3.96. The van der Waals surface area contributed by atoms with E-state index in [4.69, 9.17) is 0 Å². The van der Waals surface area contributed by atoms with Gasteiger partial charge >= 0.3 is 0 Å². The number of anilines is 2. The van der Waals surface area contributed by atoms with Crippen molar-refractivity contribution in [1.29, 1.82) is 0 Å². The second-order valence-electron chi connectivity index (χ2n) is 6.20. The zero-order chi connectivity index (χ0) is 18.1. The molecule has 0 radical (unpaired) electrons. The summed E-state index contributed by atoms with van der Waals surface area (Å²) in [6.45, 7) is 0. The third kappa shape index (κ3) is 3.19. The number of fused-ring (bicyclic) bond motifs is 1. The summed E-state index contributed by atoms with van der Waals surface area (Å²) in [5.74, 6) is -0.207. The first-order valence-corrected chi connectivity index (χ1v) is 9.10. The number of H-pyrrole nitrogens is 1. The van der Waals surface area contributed by atoms with Crippen molar-refractivity contribution in [2.45, 2.75) is 0 Å². The van der Waals surface area contributed by atoms with Crippen molar-refractivity contribution in [1.82, 2.24) is 9.97 Å². The molecule has 0 aliphatic rings. The minimum atomic E-state index is -0.207. The van der Waals surface area contributed by atoms with Crippen molar-refractivity contribution >= 4 is 39.5 Å². The van der Waals surface area contributed by atoms with Crippen LogP contribution in [-0.4, -0.2) is 30.0 Å². The monoisotopic (exact) mass is 362 g/mol. The van der Waals surface area contributed by atoms with Gasteiger partial charge in [-0.25, -0.2) is 4.98 Å². The number of hydrogen-bond acceptors (Lipinski definition) is 4. The number of aromatic nitrogens is 2. The molecule has 2 heterocycles. The molecule has 0 aliphatic carbocycles. The Morgan fingerprint density at radius 3 is 2.62 bits per heavy atom. The van der Waals surface area contributed by atoms with E-state index in [0.29, 0.717) is 5.69 Å². The van der Waals surface area contributed by atoms with Crippen molar-refractivity contribution in [3.8, 4) is 10.7 Å². The van der Waals surface area contributed by atoms with Gasteiger partial charge in [-0.15, -0.1) is 11.3 Å². The fourth-order valence-electron chi connectivity index (χ4n) is 2.73. The molecular weight excluding hydrogens is 344 g/mol. The van der Waals surface area contributed by atoms with E-state index < -0.39 is 0 Å². The lowest BCUT2D eigenvalue weighted by atomic mass is 10.2. The Hall–Kier alpha value is -3.12. The first-order chi connectivity index (χ1) is 12.6. The van der Waals surface area contributed by atoms with Crippen LogP contribution in [0.15, 0.2) is 60.0 Å². The Morgan fingerprint density at radius 2 is 1.88 bits per heavy atom. The van der Waals surface area contributed by atoms with E-state index in [-0.39, 0.29) is 5.91 Å². The van der Waals surface area contributed by atoms with Crippen molar-refractivity contribution in [2.75, 3.05) is 24.3 Å². The van der Waals surface area contributed by atoms with Gasteiger partial charge in [0.25, 0.3) is 5.91 Å². The predicted octanol–water partition coefficient (Wildman–Crippen LogP) is 4.61. The van der Waals surface area contributed by atoms with E-state index in [9.17, 15) is 4.79 Å². The van der Waals surface area contributed by atoms with Crippen LogP contribution in [0, 0.1) is 0 Å². The highest BCUT2D eigenvalue weighted by Crippen LogP contribution is 2.27. The maximum Gasteiger partial charge on any atom is 0.275 e. The fourth-order valence-corrected chi connectivity index (χ4v) is 3.50. The summed E-state index contributed by atoms with van der Waals surface area (Å²) in [6.07, 6.45) is 0. The van der Waals surface area contributed by atoms with Crippen LogP contribution in [0.5, 0.6) is 0 Å².